The van der Waals surface area contributed by atoms with E-state index in [-0.39, 0.29) is 18.2 Å². The second-order valence-electron chi connectivity index (χ2n) is 5.58. The fraction of sp³-hybridized carbons (Fsp3) is 0.500. The topological polar surface area (TPSA) is 17.1 Å². The third kappa shape index (κ3) is 6.51. The predicted octanol–water partition coefficient (Wildman–Crippen LogP) is 2.09. The van der Waals surface area contributed by atoms with Crippen LogP contribution in [0.3, 0.4) is 0 Å². The molecule has 0 saturated carbocycles. The molecule has 22 heavy (non-hydrogen) atoms. The Morgan fingerprint density at radius 1 is 1.00 bits per heavy atom. The van der Waals surface area contributed by atoms with E-state index < -0.39 is 0 Å². The molecule has 0 unspecified atom stereocenters. The number of allylic oxidation sites excluding steroid dienone is 1. The van der Waals surface area contributed by atoms with E-state index in [1.54, 1.807) is 30.3 Å². The number of benzene rings is 1. The zero-order valence-electron chi connectivity index (χ0n) is 13.8. The molecule has 0 fully saturated rings. The number of ketones is 1. The largest absolute Gasteiger partial charge is 1.00 e. The van der Waals surface area contributed by atoms with Crippen molar-refractivity contribution in [2.75, 3.05) is 19.6 Å². The van der Waals surface area contributed by atoms with Crippen LogP contribution in [0.1, 0.15) is 50.4 Å². The first-order valence-electron chi connectivity index (χ1n) is 7.91. The van der Waals surface area contributed by atoms with Gasteiger partial charge in [-0.05, 0) is 43.5 Å². The highest BCUT2D eigenvalue weighted by Gasteiger charge is 2.22. The van der Waals surface area contributed by atoms with Gasteiger partial charge in [0.25, 0.3) is 0 Å². The van der Waals surface area contributed by atoms with Gasteiger partial charge in [-0.25, -0.2) is 0 Å². The first kappa shape index (κ1) is 21.2. The van der Waals surface area contributed by atoms with Gasteiger partial charge < -0.3 is 12.4 Å². The molecule has 1 aromatic rings. The Bertz CT molecular complexity index is 451. The molecule has 1 aromatic carbocycles. The molecule has 4 heteroatoms. The molecule has 0 aliphatic rings. The summed E-state index contributed by atoms with van der Waals surface area (Å²) in [5.74, 6) is 0.0532. The maximum absolute atomic E-state index is 12.3. The standard InChI is InChI=1S/C18H27ClNO.ClH/c1-4-12-20(13-5-2,14-6-3)15-11-18(21)16-7-9-17(19)10-8-16;/h7-11,15H,4-6,12-14H2,1-3H3;1H/q+1;/p-1. The lowest BCUT2D eigenvalue weighted by molar-refractivity contribution is -0.879. The van der Waals surface area contributed by atoms with E-state index in [4.69, 9.17) is 11.6 Å². The summed E-state index contributed by atoms with van der Waals surface area (Å²) in [5, 5.41) is 0.656. The van der Waals surface area contributed by atoms with Crippen LogP contribution in [0.25, 0.3) is 0 Å². The van der Waals surface area contributed by atoms with E-state index in [0.717, 1.165) is 43.4 Å². The number of hydrogen-bond donors (Lipinski definition) is 0. The summed E-state index contributed by atoms with van der Waals surface area (Å²) >= 11 is 5.86. The molecule has 124 valence electrons. The van der Waals surface area contributed by atoms with Crippen molar-refractivity contribution in [1.29, 1.82) is 0 Å². The lowest BCUT2D eigenvalue weighted by Crippen LogP contribution is -3.00. The Morgan fingerprint density at radius 3 is 1.86 bits per heavy atom. The van der Waals surface area contributed by atoms with Crippen molar-refractivity contribution in [3.63, 3.8) is 0 Å². The summed E-state index contributed by atoms with van der Waals surface area (Å²) < 4.78 is 0.906. The van der Waals surface area contributed by atoms with Gasteiger partial charge in [-0.3, -0.25) is 9.28 Å². The van der Waals surface area contributed by atoms with Crippen LogP contribution in [0.5, 0.6) is 0 Å². The van der Waals surface area contributed by atoms with E-state index in [9.17, 15) is 4.79 Å². The SMILES string of the molecule is CCC[N+](C=CC(=O)c1ccc(Cl)cc1)(CCC)CCC.[Cl-]. The number of carbonyl (C=O) groups is 1. The average molecular weight is 344 g/mol. The van der Waals surface area contributed by atoms with Crippen molar-refractivity contribution in [1.82, 2.24) is 0 Å². The molecule has 0 aliphatic heterocycles. The minimum Gasteiger partial charge on any atom is -1.00 e. The molecular formula is C18H27Cl2NO. The molecule has 0 aromatic heterocycles. The van der Waals surface area contributed by atoms with Gasteiger partial charge in [0.05, 0.1) is 25.8 Å². The number of rotatable bonds is 9. The molecule has 1 rings (SSSR count). The first-order chi connectivity index (χ1) is 10.1. The van der Waals surface area contributed by atoms with Gasteiger partial charge in [-0.1, -0.05) is 32.4 Å². The normalized spacial score (nSPS) is 11.5. The summed E-state index contributed by atoms with van der Waals surface area (Å²) in [6, 6.07) is 7.08. The Morgan fingerprint density at radius 2 is 1.45 bits per heavy atom. The summed E-state index contributed by atoms with van der Waals surface area (Å²) in [6.45, 7) is 9.87. The average Bonchev–Trinajstić information content (AvgIpc) is 2.46. The molecule has 0 saturated heterocycles. The van der Waals surface area contributed by atoms with Gasteiger partial charge in [-0.2, -0.15) is 0 Å². The van der Waals surface area contributed by atoms with Crippen LogP contribution in [0.4, 0.5) is 0 Å². The summed E-state index contributed by atoms with van der Waals surface area (Å²) in [5.41, 5.74) is 0.693. The predicted molar refractivity (Wildman–Crippen MR) is 90.7 cm³/mol. The van der Waals surface area contributed by atoms with Crippen molar-refractivity contribution in [3.8, 4) is 0 Å². The van der Waals surface area contributed by atoms with E-state index in [0.29, 0.717) is 10.6 Å². The minimum absolute atomic E-state index is 0. The van der Waals surface area contributed by atoms with E-state index in [2.05, 4.69) is 27.0 Å². The molecule has 0 bridgehead atoms. The lowest BCUT2D eigenvalue weighted by atomic mass is 10.1. The van der Waals surface area contributed by atoms with Crippen LogP contribution in [-0.4, -0.2) is 29.9 Å². The quantitative estimate of drug-likeness (QED) is 0.381. The molecule has 0 amide bonds. The third-order valence-electron chi connectivity index (χ3n) is 3.68. The van der Waals surface area contributed by atoms with Gasteiger partial charge in [0.15, 0.2) is 5.78 Å². The van der Waals surface area contributed by atoms with Crippen molar-refractivity contribution >= 4 is 17.4 Å². The second kappa shape index (κ2) is 10.8. The Labute approximate surface area is 146 Å². The van der Waals surface area contributed by atoms with Gasteiger partial charge in [0, 0.05) is 16.7 Å². The number of carbonyl (C=O) groups excluding carboxylic acids is 1. The Balaban J connectivity index is 0.00000441. The van der Waals surface area contributed by atoms with Crippen molar-refractivity contribution < 1.29 is 21.7 Å². The number of halogens is 2. The summed E-state index contributed by atoms with van der Waals surface area (Å²) in [6.07, 6.45) is 7.22. The fourth-order valence-electron chi connectivity index (χ4n) is 2.83. The number of nitrogens with zero attached hydrogens (tertiary/aromatic N) is 1. The summed E-state index contributed by atoms with van der Waals surface area (Å²) in [7, 11) is 0. The van der Waals surface area contributed by atoms with Crippen LogP contribution in [0.2, 0.25) is 5.02 Å². The van der Waals surface area contributed by atoms with E-state index >= 15 is 0 Å². The van der Waals surface area contributed by atoms with Crippen LogP contribution in [0, 0.1) is 0 Å². The van der Waals surface area contributed by atoms with E-state index in [1.807, 2.05) is 0 Å². The molecule has 0 N–H and O–H groups in total. The Kier molecular flexibility index (Phi) is 10.4. The molecule has 0 heterocycles. The maximum atomic E-state index is 12.3. The second-order valence-corrected chi connectivity index (χ2v) is 6.01. The lowest BCUT2D eigenvalue weighted by Gasteiger charge is -2.34. The Hall–Kier alpha value is -0.830. The third-order valence-corrected chi connectivity index (χ3v) is 3.93. The fourth-order valence-corrected chi connectivity index (χ4v) is 2.96. The highest BCUT2D eigenvalue weighted by Crippen LogP contribution is 2.15. The van der Waals surface area contributed by atoms with Gasteiger partial charge in [0.2, 0.25) is 0 Å². The molecule has 0 atom stereocenters. The van der Waals surface area contributed by atoms with Crippen molar-refractivity contribution in [3.05, 3.63) is 47.1 Å². The molecule has 0 spiro atoms. The van der Waals surface area contributed by atoms with Crippen molar-refractivity contribution in [2.45, 2.75) is 40.0 Å². The van der Waals surface area contributed by atoms with Crippen molar-refractivity contribution in [2.24, 2.45) is 0 Å². The van der Waals surface area contributed by atoms with Gasteiger partial charge in [0.1, 0.15) is 0 Å². The highest BCUT2D eigenvalue weighted by atomic mass is 35.5. The zero-order chi connectivity index (χ0) is 15.7. The minimum atomic E-state index is 0. The maximum Gasteiger partial charge on any atom is 0.191 e. The van der Waals surface area contributed by atoms with Gasteiger partial charge >= 0.3 is 0 Å². The smallest absolute Gasteiger partial charge is 0.191 e. The summed E-state index contributed by atoms with van der Waals surface area (Å²) in [4.78, 5) is 12.3. The zero-order valence-corrected chi connectivity index (χ0v) is 15.3. The van der Waals surface area contributed by atoms with Crippen LogP contribution in [0.15, 0.2) is 36.5 Å². The number of hydrogen-bond acceptors (Lipinski definition) is 1. The van der Waals surface area contributed by atoms with Crippen LogP contribution in [-0.2, 0) is 0 Å². The highest BCUT2D eigenvalue weighted by molar-refractivity contribution is 6.30. The van der Waals surface area contributed by atoms with E-state index in [1.165, 1.54) is 0 Å². The molecule has 2 nitrogen and oxygen atoms in total. The molecule has 0 aliphatic carbocycles. The first-order valence-corrected chi connectivity index (χ1v) is 8.29. The van der Waals surface area contributed by atoms with Crippen LogP contribution < -0.4 is 12.4 Å². The number of quaternary nitrogens is 1. The monoisotopic (exact) mass is 343 g/mol. The van der Waals surface area contributed by atoms with Gasteiger partial charge in [-0.15, -0.1) is 0 Å². The molecule has 0 radical (unpaired) electrons. The van der Waals surface area contributed by atoms with Crippen LogP contribution >= 0.6 is 11.6 Å². The molecular weight excluding hydrogens is 317 g/mol.